The predicted molar refractivity (Wildman–Crippen MR) is 82.9 cm³/mol. The van der Waals surface area contributed by atoms with Crippen molar-refractivity contribution in [2.45, 2.75) is 33.2 Å². The molecule has 108 valence electrons. The number of hydrogen-bond acceptors (Lipinski definition) is 3. The monoisotopic (exact) mass is 302 g/mol. The molecule has 0 saturated carbocycles. The summed E-state index contributed by atoms with van der Waals surface area (Å²) in [5.74, 6) is 0.297. The van der Waals surface area contributed by atoms with E-state index < -0.39 is 0 Å². The van der Waals surface area contributed by atoms with Crippen molar-refractivity contribution in [3.05, 3.63) is 22.4 Å². The topological polar surface area (TPSA) is 32.3 Å². The maximum Gasteiger partial charge on any atom is 0.230 e. The summed E-state index contributed by atoms with van der Waals surface area (Å²) >= 11 is 1.72. The Labute approximate surface area is 125 Å². The standard InChI is InChI=1S/C14H22N2OS.ClH/c1-3-16(10-12-6-4-9-18-12)13(17)14(2)7-5-8-15-11-14;/h4,6,9,15H,3,5,7-8,10-11H2,1-2H3;1H. The van der Waals surface area contributed by atoms with E-state index in [0.717, 1.165) is 39.0 Å². The second kappa shape index (κ2) is 7.27. The Bertz CT molecular complexity index is 388. The van der Waals surface area contributed by atoms with Crippen LogP contribution in [0, 0.1) is 5.41 Å². The van der Waals surface area contributed by atoms with Gasteiger partial charge in [-0.05, 0) is 44.7 Å². The van der Waals surface area contributed by atoms with E-state index in [1.54, 1.807) is 11.3 Å². The molecule has 1 aromatic heterocycles. The SMILES string of the molecule is CCN(Cc1cccs1)C(=O)C1(C)CCCNC1.Cl. The van der Waals surface area contributed by atoms with Gasteiger partial charge in [0.2, 0.25) is 5.91 Å². The molecule has 1 N–H and O–H groups in total. The number of thiophene rings is 1. The van der Waals surface area contributed by atoms with Gasteiger partial charge >= 0.3 is 0 Å². The smallest absolute Gasteiger partial charge is 0.230 e. The maximum atomic E-state index is 12.7. The van der Waals surface area contributed by atoms with Crippen LogP contribution in [0.15, 0.2) is 17.5 Å². The summed E-state index contributed by atoms with van der Waals surface area (Å²) < 4.78 is 0. The third-order valence-corrected chi connectivity index (χ3v) is 4.57. The number of halogens is 1. The van der Waals surface area contributed by atoms with Gasteiger partial charge in [0.25, 0.3) is 0 Å². The van der Waals surface area contributed by atoms with E-state index >= 15 is 0 Å². The molecule has 1 aromatic rings. The van der Waals surface area contributed by atoms with Gasteiger partial charge in [-0.15, -0.1) is 23.7 Å². The summed E-state index contributed by atoms with van der Waals surface area (Å²) in [5, 5.41) is 5.42. The van der Waals surface area contributed by atoms with Crippen LogP contribution in [0.25, 0.3) is 0 Å². The van der Waals surface area contributed by atoms with E-state index in [0.29, 0.717) is 5.91 Å². The molecule has 0 radical (unpaired) electrons. The van der Waals surface area contributed by atoms with E-state index in [2.05, 4.69) is 30.6 Å². The zero-order valence-electron chi connectivity index (χ0n) is 11.6. The van der Waals surface area contributed by atoms with Gasteiger partial charge in [0.05, 0.1) is 12.0 Å². The number of piperidine rings is 1. The lowest BCUT2D eigenvalue weighted by molar-refractivity contribution is -0.142. The summed E-state index contributed by atoms with van der Waals surface area (Å²) in [4.78, 5) is 15.9. The highest BCUT2D eigenvalue weighted by atomic mass is 35.5. The minimum Gasteiger partial charge on any atom is -0.337 e. The van der Waals surface area contributed by atoms with Crippen molar-refractivity contribution >= 4 is 29.7 Å². The first-order valence-corrected chi connectivity index (χ1v) is 7.56. The van der Waals surface area contributed by atoms with Crippen LogP contribution in [-0.2, 0) is 11.3 Å². The van der Waals surface area contributed by atoms with Crippen LogP contribution >= 0.6 is 23.7 Å². The number of hydrogen-bond donors (Lipinski definition) is 1. The van der Waals surface area contributed by atoms with E-state index in [1.807, 2.05) is 11.0 Å². The van der Waals surface area contributed by atoms with Gasteiger partial charge < -0.3 is 10.2 Å². The maximum absolute atomic E-state index is 12.7. The molecule has 2 heterocycles. The second-order valence-corrected chi connectivity index (χ2v) is 6.27. The lowest BCUT2D eigenvalue weighted by atomic mass is 9.81. The van der Waals surface area contributed by atoms with Crippen molar-refractivity contribution in [2.75, 3.05) is 19.6 Å². The van der Waals surface area contributed by atoms with Gasteiger partial charge in [-0.3, -0.25) is 4.79 Å². The zero-order valence-corrected chi connectivity index (χ0v) is 13.3. The number of carbonyl (C=O) groups excluding carboxylic acids is 1. The third-order valence-electron chi connectivity index (χ3n) is 3.71. The second-order valence-electron chi connectivity index (χ2n) is 5.24. The molecule has 0 aromatic carbocycles. The summed E-state index contributed by atoms with van der Waals surface area (Å²) in [6.07, 6.45) is 2.10. The van der Waals surface area contributed by atoms with Crippen molar-refractivity contribution in [2.24, 2.45) is 5.41 Å². The molecule has 1 unspecified atom stereocenters. The molecule has 1 aliphatic rings. The molecule has 2 rings (SSSR count). The molecule has 1 fully saturated rings. The van der Waals surface area contributed by atoms with Crippen LogP contribution in [0.3, 0.4) is 0 Å². The molecule has 1 saturated heterocycles. The molecule has 3 nitrogen and oxygen atoms in total. The first kappa shape index (κ1) is 16.5. The summed E-state index contributed by atoms with van der Waals surface area (Å²) in [6, 6.07) is 4.14. The Balaban J connectivity index is 0.00000180. The fourth-order valence-electron chi connectivity index (χ4n) is 2.54. The molecular weight excluding hydrogens is 280 g/mol. The molecule has 0 aliphatic carbocycles. The van der Waals surface area contributed by atoms with Gasteiger partial charge in [-0.2, -0.15) is 0 Å². The Kier molecular flexibility index (Phi) is 6.30. The highest BCUT2D eigenvalue weighted by molar-refractivity contribution is 7.09. The summed E-state index contributed by atoms with van der Waals surface area (Å²) in [7, 11) is 0. The van der Waals surface area contributed by atoms with E-state index in [4.69, 9.17) is 0 Å². The van der Waals surface area contributed by atoms with Gasteiger partial charge in [0.1, 0.15) is 0 Å². The normalized spacial score (nSPS) is 22.6. The molecule has 1 aliphatic heterocycles. The van der Waals surface area contributed by atoms with Crippen molar-refractivity contribution in [1.82, 2.24) is 10.2 Å². The van der Waals surface area contributed by atoms with Gasteiger partial charge in [-0.1, -0.05) is 6.07 Å². The van der Waals surface area contributed by atoms with E-state index in [1.165, 1.54) is 4.88 Å². The van der Waals surface area contributed by atoms with Crippen molar-refractivity contribution in [3.8, 4) is 0 Å². The van der Waals surface area contributed by atoms with Crippen molar-refractivity contribution in [1.29, 1.82) is 0 Å². The first-order chi connectivity index (χ1) is 8.65. The average Bonchev–Trinajstić information content (AvgIpc) is 2.89. The number of carbonyl (C=O) groups is 1. The lowest BCUT2D eigenvalue weighted by Gasteiger charge is -2.37. The summed E-state index contributed by atoms with van der Waals surface area (Å²) in [5.41, 5.74) is -0.217. The molecule has 5 heteroatoms. The Morgan fingerprint density at radius 2 is 2.37 bits per heavy atom. The fraction of sp³-hybridized carbons (Fsp3) is 0.643. The van der Waals surface area contributed by atoms with Crippen molar-refractivity contribution < 1.29 is 4.79 Å². The minimum atomic E-state index is -0.217. The van der Waals surface area contributed by atoms with Crippen molar-refractivity contribution in [3.63, 3.8) is 0 Å². The molecule has 0 bridgehead atoms. The zero-order chi connectivity index (χ0) is 13.0. The van der Waals surface area contributed by atoms with Crippen LogP contribution in [0.2, 0.25) is 0 Å². The highest BCUT2D eigenvalue weighted by Gasteiger charge is 2.37. The first-order valence-electron chi connectivity index (χ1n) is 6.68. The summed E-state index contributed by atoms with van der Waals surface area (Å²) in [6.45, 7) is 7.55. The average molecular weight is 303 g/mol. The molecule has 19 heavy (non-hydrogen) atoms. The molecule has 1 amide bonds. The van der Waals surface area contributed by atoms with Crippen LogP contribution in [0.4, 0.5) is 0 Å². The Morgan fingerprint density at radius 1 is 1.58 bits per heavy atom. The number of nitrogens with one attached hydrogen (secondary N) is 1. The lowest BCUT2D eigenvalue weighted by Crippen LogP contribution is -2.49. The fourth-order valence-corrected chi connectivity index (χ4v) is 3.26. The molecule has 0 spiro atoms. The Morgan fingerprint density at radius 3 is 2.89 bits per heavy atom. The number of nitrogens with zero attached hydrogens (tertiary/aromatic N) is 1. The predicted octanol–water partition coefficient (Wildman–Crippen LogP) is 2.91. The highest BCUT2D eigenvalue weighted by Crippen LogP contribution is 2.29. The van der Waals surface area contributed by atoms with E-state index in [9.17, 15) is 4.79 Å². The number of amides is 1. The minimum absolute atomic E-state index is 0. The Hall–Kier alpha value is -0.580. The van der Waals surface area contributed by atoms with Gasteiger partial charge in [0, 0.05) is 18.0 Å². The van der Waals surface area contributed by atoms with Gasteiger partial charge in [-0.25, -0.2) is 0 Å². The number of rotatable bonds is 4. The quantitative estimate of drug-likeness (QED) is 0.927. The van der Waals surface area contributed by atoms with Crippen LogP contribution < -0.4 is 5.32 Å². The van der Waals surface area contributed by atoms with Crippen LogP contribution in [0.1, 0.15) is 31.6 Å². The van der Waals surface area contributed by atoms with Gasteiger partial charge in [0.15, 0.2) is 0 Å². The van der Waals surface area contributed by atoms with Crippen LogP contribution in [0.5, 0.6) is 0 Å². The van der Waals surface area contributed by atoms with Crippen LogP contribution in [-0.4, -0.2) is 30.4 Å². The van der Waals surface area contributed by atoms with E-state index in [-0.39, 0.29) is 17.8 Å². The molecular formula is C14H23ClN2OS. The molecule has 1 atom stereocenters. The largest absolute Gasteiger partial charge is 0.337 e. The third kappa shape index (κ3) is 3.94.